The number of nitrogens with one attached hydrogen (secondary N) is 1. The van der Waals surface area contributed by atoms with Crippen LogP contribution in [0.15, 0.2) is 29.2 Å². The number of nitrogens with two attached hydrogens (primary N) is 1. The summed E-state index contributed by atoms with van der Waals surface area (Å²) in [5.74, 6) is 0.918. The predicted octanol–water partition coefficient (Wildman–Crippen LogP) is 2.76. The molecule has 1 aromatic carbocycles. The normalized spacial score (nSPS) is 23.9. The Kier molecular flexibility index (Phi) is 4.70. The molecule has 112 valence electrons. The van der Waals surface area contributed by atoms with E-state index in [1.165, 1.54) is 6.42 Å². The zero-order chi connectivity index (χ0) is 14.8. The van der Waals surface area contributed by atoms with Gasteiger partial charge in [-0.3, -0.25) is 0 Å². The number of hydrogen-bond donors (Lipinski definition) is 2. The smallest absolute Gasteiger partial charge is 0.240 e. The van der Waals surface area contributed by atoms with Crippen molar-refractivity contribution in [2.75, 3.05) is 5.73 Å². The molecule has 0 saturated heterocycles. The highest BCUT2D eigenvalue weighted by Gasteiger charge is 2.31. The van der Waals surface area contributed by atoms with Crippen LogP contribution in [0.25, 0.3) is 0 Å². The molecule has 1 fully saturated rings. The Morgan fingerprint density at radius 3 is 2.35 bits per heavy atom. The number of nitrogen functional groups attached to an aromatic ring is 1. The summed E-state index contributed by atoms with van der Waals surface area (Å²) in [6.45, 7) is 4.33. The standard InChI is InChI=1S/C15H24N2O2S/c1-11(2)14-5-3-4-6-15(14)17-20(18,19)13-9-7-12(16)8-10-13/h7-11,14-15,17H,3-6,16H2,1-2H3. The van der Waals surface area contributed by atoms with Crippen LogP contribution in [0.1, 0.15) is 39.5 Å². The molecule has 20 heavy (non-hydrogen) atoms. The molecule has 0 spiro atoms. The first kappa shape index (κ1) is 15.3. The van der Waals surface area contributed by atoms with Crippen LogP contribution in [-0.4, -0.2) is 14.5 Å². The lowest BCUT2D eigenvalue weighted by Gasteiger charge is -2.34. The van der Waals surface area contributed by atoms with Crippen LogP contribution in [0.3, 0.4) is 0 Å². The van der Waals surface area contributed by atoms with Gasteiger partial charge in [-0.25, -0.2) is 13.1 Å². The molecule has 5 heteroatoms. The summed E-state index contributed by atoms with van der Waals surface area (Å²) in [5.41, 5.74) is 6.17. The Bertz CT molecular complexity index is 537. The van der Waals surface area contributed by atoms with E-state index in [2.05, 4.69) is 18.6 Å². The lowest BCUT2D eigenvalue weighted by molar-refractivity contribution is 0.226. The van der Waals surface area contributed by atoms with Crippen molar-refractivity contribution in [3.63, 3.8) is 0 Å². The fourth-order valence-corrected chi connectivity index (χ4v) is 4.34. The van der Waals surface area contributed by atoms with E-state index in [-0.39, 0.29) is 6.04 Å². The highest BCUT2D eigenvalue weighted by molar-refractivity contribution is 7.89. The van der Waals surface area contributed by atoms with E-state index in [0.29, 0.717) is 22.4 Å². The number of sulfonamides is 1. The second-order valence-corrected chi connectivity index (χ2v) is 7.70. The van der Waals surface area contributed by atoms with Crippen LogP contribution in [0.5, 0.6) is 0 Å². The maximum absolute atomic E-state index is 12.4. The van der Waals surface area contributed by atoms with Gasteiger partial charge in [-0.2, -0.15) is 0 Å². The minimum Gasteiger partial charge on any atom is -0.399 e. The molecule has 4 nitrogen and oxygen atoms in total. The van der Waals surface area contributed by atoms with E-state index in [1.807, 2.05) is 0 Å². The zero-order valence-electron chi connectivity index (χ0n) is 12.2. The van der Waals surface area contributed by atoms with Crippen molar-refractivity contribution in [2.45, 2.75) is 50.5 Å². The van der Waals surface area contributed by atoms with Gasteiger partial charge in [0.1, 0.15) is 0 Å². The molecule has 0 amide bonds. The highest BCUT2D eigenvalue weighted by atomic mass is 32.2. The Hall–Kier alpha value is -1.07. The van der Waals surface area contributed by atoms with Gasteiger partial charge in [-0.1, -0.05) is 26.7 Å². The summed E-state index contributed by atoms with van der Waals surface area (Å²) in [6, 6.07) is 6.41. The minimum absolute atomic E-state index is 0.0475. The average Bonchev–Trinajstić information content (AvgIpc) is 2.39. The third kappa shape index (κ3) is 3.52. The van der Waals surface area contributed by atoms with Crippen molar-refractivity contribution in [1.82, 2.24) is 4.72 Å². The van der Waals surface area contributed by atoms with Gasteiger partial charge in [0, 0.05) is 11.7 Å². The number of hydrogen-bond acceptors (Lipinski definition) is 3. The molecule has 2 atom stereocenters. The molecule has 0 heterocycles. The quantitative estimate of drug-likeness (QED) is 0.839. The van der Waals surface area contributed by atoms with Crippen LogP contribution in [-0.2, 0) is 10.0 Å². The van der Waals surface area contributed by atoms with Gasteiger partial charge in [-0.15, -0.1) is 0 Å². The van der Waals surface area contributed by atoms with Crippen molar-refractivity contribution in [3.8, 4) is 0 Å². The Morgan fingerprint density at radius 2 is 1.75 bits per heavy atom. The molecule has 2 unspecified atom stereocenters. The summed E-state index contributed by atoms with van der Waals surface area (Å²) >= 11 is 0. The van der Waals surface area contributed by atoms with Gasteiger partial charge in [0.2, 0.25) is 10.0 Å². The SMILES string of the molecule is CC(C)C1CCCCC1NS(=O)(=O)c1ccc(N)cc1. The molecular formula is C15H24N2O2S. The molecule has 0 bridgehead atoms. The van der Waals surface area contributed by atoms with E-state index in [0.717, 1.165) is 19.3 Å². The molecule has 3 N–H and O–H groups in total. The molecule has 0 aliphatic heterocycles. The van der Waals surface area contributed by atoms with Crippen LogP contribution < -0.4 is 10.5 Å². The fourth-order valence-electron chi connectivity index (χ4n) is 3.02. The Balaban J connectivity index is 2.16. The molecule has 1 aliphatic carbocycles. The number of anilines is 1. The summed E-state index contributed by atoms with van der Waals surface area (Å²) < 4.78 is 27.7. The van der Waals surface area contributed by atoms with Gasteiger partial charge < -0.3 is 5.73 Å². The maximum Gasteiger partial charge on any atom is 0.240 e. The van der Waals surface area contributed by atoms with E-state index < -0.39 is 10.0 Å². The fraction of sp³-hybridized carbons (Fsp3) is 0.600. The molecule has 2 rings (SSSR count). The third-order valence-electron chi connectivity index (χ3n) is 4.17. The van der Waals surface area contributed by atoms with Crippen molar-refractivity contribution in [1.29, 1.82) is 0 Å². The van der Waals surface area contributed by atoms with E-state index in [9.17, 15) is 8.42 Å². The molecule has 1 aliphatic rings. The Labute approximate surface area is 121 Å². The minimum atomic E-state index is -3.45. The van der Waals surface area contributed by atoms with Gasteiger partial charge in [-0.05, 0) is 48.9 Å². The van der Waals surface area contributed by atoms with Crippen LogP contribution in [0.2, 0.25) is 0 Å². The predicted molar refractivity (Wildman–Crippen MR) is 81.8 cm³/mol. The zero-order valence-corrected chi connectivity index (χ0v) is 13.0. The third-order valence-corrected chi connectivity index (χ3v) is 5.68. The lowest BCUT2D eigenvalue weighted by atomic mass is 9.78. The molecule has 1 saturated carbocycles. The van der Waals surface area contributed by atoms with Crippen molar-refractivity contribution in [3.05, 3.63) is 24.3 Å². The van der Waals surface area contributed by atoms with Gasteiger partial charge >= 0.3 is 0 Å². The number of benzene rings is 1. The van der Waals surface area contributed by atoms with Gasteiger partial charge in [0.25, 0.3) is 0 Å². The maximum atomic E-state index is 12.4. The molecule has 0 aromatic heterocycles. The van der Waals surface area contributed by atoms with Crippen molar-refractivity contribution >= 4 is 15.7 Å². The van der Waals surface area contributed by atoms with Crippen LogP contribution >= 0.6 is 0 Å². The van der Waals surface area contributed by atoms with Crippen molar-refractivity contribution < 1.29 is 8.42 Å². The first-order valence-corrected chi connectivity index (χ1v) is 8.76. The highest BCUT2D eigenvalue weighted by Crippen LogP contribution is 2.31. The van der Waals surface area contributed by atoms with E-state index >= 15 is 0 Å². The average molecular weight is 296 g/mol. The second-order valence-electron chi connectivity index (χ2n) is 5.99. The van der Waals surface area contributed by atoms with Crippen LogP contribution in [0.4, 0.5) is 5.69 Å². The van der Waals surface area contributed by atoms with Gasteiger partial charge in [0.15, 0.2) is 0 Å². The lowest BCUT2D eigenvalue weighted by Crippen LogP contribution is -2.43. The first-order chi connectivity index (χ1) is 9.40. The molecule has 1 aromatic rings. The number of rotatable bonds is 4. The monoisotopic (exact) mass is 296 g/mol. The van der Waals surface area contributed by atoms with E-state index in [4.69, 9.17) is 5.73 Å². The summed E-state index contributed by atoms with van der Waals surface area (Å²) in [5, 5.41) is 0. The largest absolute Gasteiger partial charge is 0.399 e. The summed E-state index contributed by atoms with van der Waals surface area (Å²) in [4.78, 5) is 0.291. The van der Waals surface area contributed by atoms with Gasteiger partial charge in [0.05, 0.1) is 4.90 Å². The summed E-state index contributed by atoms with van der Waals surface area (Å²) in [6.07, 6.45) is 4.32. The van der Waals surface area contributed by atoms with Crippen LogP contribution in [0, 0.1) is 11.8 Å². The Morgan fingerprint density at radius 1 is 1.15 bits per heavy atom. The first-order valence-electron chi connectivity index (χ1n) is 7.28. The van der Waals surface area contributed by atoms with E-state index in [1.54, 1.807) is 24.3 Å². The molecule has 0 radical (unpaired) electrons. The second kappa shape index (κ2) is 6.14. The topological polar surface area (TPSA) is 72.2 Å². The summed E-state index contributed by atoms with van der Waals surface area (Å²) in [7, 11) is -3.45. The van der Waals surface area contributed by atoms with Crippen molar-refractivity contribution in [2.24, 2.45) is 11.8 Å². The molecular weight excluding hydrogens is 272 g/mol.